The van der Waals surface area contributed by atoms with Gasteiger partial charge in [0.2, 0.25) is 10.0 Å². The largest absolute Gasteiger partial charge is 0.356 e. The molecule has 0 aliphatic carbocycles. The van der Waals surface area contributed by atoms with Crippen molar-refractivity contribution in [1.29, 1.82) is 0 Å². The molecule has 0 amide bonds. The zero-order valence-electron chi connectivity index (χ0n) is 15.2. The molecule has 7 heteroatoms. The predicted molar refractivity (Wildman–Crippen MR) is 106 cm³/mol. The number of rotatable bonds is 5. The molecule has 0 saturated carbocycles. The summed E-state index contributed by atoms with van der Waals surface area (Å²) in [5.74, 6) is 1.38. The van der Waals surface area contributed by atoms with Crippen molar-refractivity contribution in [3.05, 3.63) is 59.9 Å². The van der Waals surface area contributed by atoms with Crippen LogP contribution in [0.15, 0.2) is 53.4 Å². The van der Waals surface area contributed by atoms with Crippen LogP contribution in [0.3, 0.4) is 0 Å². The van der Waals surface area contributed by atoms with Crippen LogP contribution in [-0.4, -0.2) is 31.5 Å². The minimum absolute atomic E-state index is 0.0579. The maximum Gasteiger partial charge on any atom is 0.240 e. The molecule has 6 nitrogen and oxygen atoms in total. The number of para-hydroxylation sites is 1. The first-order valence-electron chi connectivity index (χ1n) is 9.10. The van der Waals surface area contributed by atoms with Gasteiger partial charge in [-0.15, -0.1) is 0 Å². The average molecular weight is 382 g/mol. The summed E-state index contributed by atoms with van der Waals surface area (Å²) < 4.78 is 27.6. The van der Waals surface area contributed by atoms with Crippen molar-refractivity contribution in [2.45, 2.75) is 31.2 Å². The van der Waals surface area contributed by atoms with E-state index in [-0.39, 0.29) is 11.4 Å². The highest BCUT2D eigenvalue weighted by Crippen LogP contribution is 2.28. The summed E-state index contributed by atoms with van der Waals surface area (Å²) >= 11 is 0. The van der Waals surface area contributed by atoms with E-state index in [1.165, 1.54) is 0 Å². The van der Waals surface area contributed by atoms with Crippen LogP contribution in [0.2, 0.25) is 0 Å². The number of sulfonamides is 1. The molecular weight excluding hydrogens is 360 g/mol. The van der Waals surface area contributed by atoms with Gasteiger partial charge in [-0.25, -0.2) is 23.1 Å². The lowest BCUT2D eigenvalue weighted by molar-refractivity contribution is 0.579. The minimum atomic E-state index is -3.60. The van der Waals surface area contributed by atoms with E-state index in [1.54, 1.807) is 30.3 Å². The SMILES string of the molecule is Cc1cccc2c(N3CCCC3)nc(CNS(=O)(=O)c3ccccc3)nc12. The highest BCUT2D eigenvalue weighted by Gasteiger charge is 2.20. The van der Waals surface area contributed by atoms with Gasteiger partial charge in [-0.2, -0.15) is 0 Å². The molecule has 1 saturated heterocycles. The standard InChI is InChI=1S/C20H22N4O2S/c1-15-8-7-11-17-19(15)22-18(23-20(17)24-12-5-6-13-24)14-21-27(25,26)16-9-3-2-4-10-16/h2-4,7-11,21H,5-6,12-14H2,1H3. The molecule has 1 aliphatic heterocycles. The fourth-order valence-corrected chi connectivity index (χ4v) is 4.42. The summed E-state index contributed by atoms with van der Waals surface area (Å²) in [5.41, 5.74) is 1.94. The van der Waals surface area contributed by atoms with Crippen molar-refractivity contribution in [3.63, 3.8) is 0 Å². The van der Waals surface area contributed by atoms with Gasteiger partial charge in [0.25, 0.3) is 0 Å². The Morgan fingerprint density at radius 1 is 1.00 bits per heavy atom. The summed E-state index contributed by atoms with van der Waals surface area (Å²) in [6.07, 6.45) is 2.29. The van der Waals surface area contributed by atoms with Crippen molar-refractivity contribution in [2.75, 3.05) is 18.0 Å². The quantitative estimate of drug-likeness (QED) is 0.734. The first kappa shape index (κ1) is 17.9. The van der Waals surface area contributed by atoms with Crippen LogP contribution in [0.1, 0.15) is 24.2 Å². The number of nitrogens with zero attached hydrogens (tertiary/aromatic N) is 3. The fraction of sp³-hybridized carbons (Fsp3) is 0.300. The number of aromatic nitrogens is 2. The highest BCUT2D eigenvalue weighted by molar-refractivity contribution is 7.89. The number of nitrogens with one attached hydrogen (secondary N) is 1. The lowest BCUT2D eigenvalue weighted by Crippen LogP contribution is -2.26. The van der Waals surface area contributed by atoms with Crippen LogP contribution in [-0.2, 0) is 16.6 Å². The molecule has 2 aromatic carbocycles. The van der Waals surface area contributed by atoms with Gasteiger partial charge in [-0.05, 0) is 43.5 Å². The van der Waals surface area contributed by atoms with Crippen LogP contribution in [0.4, 0.5) is 5.82 Å². The highest BCUT2D eigenvalue weighted by atomic mass is 32.2. The van der Waals surface area contributed by atoms with Gasteiger partial charge >= 0.3 is 0 Å². The van der Waals surface area contributed by atoms with Gasteiger partial charge in [0.15, 0.2) is 0 Å². The normalized spacial score (nSPS) is 14.8. The number of hydrogen-bond acceptors (Lipinski definition) is 5. The molecule has 1 aromatic heterocycles. The van der Waals surface area contributed by atoms with Crippen molar-refractivity contribution in [1.82, 2.24) is 14.7 Å². The first-order chi connectivity index (χ1) is 13.0. The minimum Gasteiger partial charge on any atom is -0.356 e. The van der Waals surface area contributed by atoms with Crippen molar-refractivity contribution in [2.24, 2.45) is 0 Å². The summed E-state index contributed by atoms with van der Waals surface area (Å²) in [5, 5.41) is 1.02. The summed E-state index contributed by atoms with van der Waals surface area (Å²) in [7, 11) is -3.60. The average Bonchev–Trinajstić information content (AvgIpc) is 3.22. The summed E-state index contributed by atoms with van der Waals surface area (Å²) in [4.78, 5) is 11.8. The zero-order chi connectivity index (χ0) is 18.9. The monoisotopic (exact) mass is 382 g/mol. The van der Waals surface area contributed by atoms with Gasteiger partial charge in [-0.3, -0.25) is 0 Å². The van der Waals surface area contributed by atoms with Crippen LogP contribution >= 0.6 is 0 Å². The number of aryl methyl sites for hydroxylation is 1. The van der Waals surface area contributed by atoms with Crippen molar-refractivity contribution < 1.29 is 8.42 Å². The maximum absolute atomic E-state index is 12.5. The smallest absolute Gasteiger partial charge is 0.240 e. The fourth-order valence-electron chi connectivity index (χ4n) is 3.42. The second-order valence-corrected chi connectivity index (χ2v) is 8.53. The number of benzene rings is 2. The third-order valence-corrected chi connectivity index (χ3v) is 6.25. The van der Waals surface area contributed by atoms with Gasteiger partial charge in [0.05, 0.1) is 17.0 Å². The van der Waals surface area contributed by atoms with Gasteiger partial charge in [0.1, 0.15) is 11.6 Å². The molecule has 27 heavy (non-hydrogen) atoms. The van der Waals surface area contributed by atoms with E-state index < -0.39 is 10.0 Å². The second-order valence-electron chi connectivity index (χ2n) is 6.77. The molecule has 1 N–H and O–H groups in total. The lowest BCUT2D eigenvalue weighted by Gasteiger charge is -2.20. The molecule has 0 radical (unpaired) electrons. The molecule has 140 valence electrons. The van der Waals surface area contributed by atoms with E-state index in [4.69, 9.17) is 4.98 Å². The molecule has 1 aliphatic rings. The molecule has 4 rings (SSSR count). The summed E-state index contributed by atoms with van der Waals surface area (Å²) in [6.45, 7) is 4.01. The predicted octanol–water partition coefficient (Wildman–Crippen LogP) is 3.02. The Bertz CT molecular complexity index is 1060. The topological polar surface area (TPSA) is 75.2 Å². The van der Waals surface area contributed by atoms with Crippen molar-refractivity contribution in [3.8, 4) is 0 Å². The molecular formula is C20H22N4O2S. The Morgan fingerprint density at radius 3 is 2.48 bits per heavy atom. The van der Waals surface area contributed by atoms with E-state index in [1.807, 2.05) is 25.1 Å². The van der Waals surface area contributed by atoms with Crippen molar-refractivity contribution >= 4 is 26.7 Å². The Hall–Kier alpha value is -2.51. The van der Waals surface area contributed by atoms with E-state index in [9.17, 15) is 8.42 Å². The van der Waals surface area contributed by atoms with E-state index in [0.29, 0.717) is 5.82 Å². The number of anilines is 1. The zero-order valence-corrected chi connectivity index (χ0v) is 16.0. The number of hydrogen-bond donors (Lipinski definition) is 1. The molecule has 0 unspecified atom stereocenters. The summed E-state index contributed by atoms with van der Waals surface area (Å²) in [6, 6.07) is 14.4. The molecule has 1 fully saturated rings. The maximum atomic E-state index is 12.5. The Labute approximate surface area is 159 Å². The van der Waals surface area contributed by atoms with Crippen LogP contribution < -0.4 is 9.62 Å². The van der Waals surface area contributed by atoms with Crippen LogP contribution in [0.25, 0.3) is 10.9 Å². The Morgan fingerprint density at radius 2 is 1.74 bits per heavy atom. The molecule has 3 aromatic rings. The molecule has 0 bridgehead atoms. The molecule has 0 spiro atoms. The third-order valence-electron chi connectivity index (χ3n) is 4.83. The second kappa shape index (κ2) is 7.25. The van der Waals surface area contributed by atoms with E-state index in [2.05, 4.69) is 14.6 Å². The van der Waals surface area contributed by atoms with Crippen LogP contribution in [0.5, 0.6) is 0 Å². The molecule has 2 heterocycles. The van der Waals surface area contributed by atoms with E-state index in [0.717, 1.165) is 48.2 Å². The molecule has 0 atom stereocenters. The lowest BCUT2D eigenvalue weighted by atomic mass is 10.1. The Kier molecular flexibility index (Phi) is 4.80. The Balaban J connectivity index is 1.69. The third kappa shape index (κ3) is 3.65. The van der Waals surface area contributed by atoms with E-state index >= 15 is 0 Å². The van der Waals surface area contributed by atoms with Gasteiger partial charge < -0.3 is 4.90 Å². The first-order valence-corrected chi connectivity index (χ1v) is 10.6. The van der Waals surface area contributed by atoms with Gasteiger partial charge in [0, 0.05) is 18.5 Å². The van der Waals surface area contributed by atoms with Gasteiger partial charge in [-0.1, -0.05) is 30.3 Å². The number of fused-ring (bicyclic) bond motifs is 1. The van der Waals surface area contributed by atoms with Crippen LogP contribution in [0, 0.1) is 6.92 Å².